The lowest BCUT2D eigenvalue weighted by molar-refractivity contribution is -0.141. The number of hydrogen-bond donors (Lipinski definition) is 2. The molecule has 0 heterocycles. The molecule has 9 heteroatoms. The molecular formula is C30H36FN3O4S. The maximum Gasteiger partial charge on any atom is 0.243 e. The van der Waals surface area contributed by atoms with Crippen LogP contribution in [0.1, 0.15) is 43.4 Å². The fourth-order valence-electron chi connectivity index (χ4n) is 4.21. The summed E-state index contributed by atoms with van der Waals surface area (Å²) in [4.78, 5) is 28.7. The summed E-state index contributed by atoms with van der Waals surface area (Å²) in [6, 6.07) is 21.1. The fraction of sp³-hybridized carbons (Fsp3) is 0.333. The highest BCUT2D eigenvalue weighted by atomic mass is 32.2. The number of carbonyl (C=O) groups excluding carboxylic acids is 2. The number of nitrogens with one attached hydrogen (secondary N) is 2. The molecule has 0 aliphatic rings. The van der Waals surface area contributed by atoms with Crippen molar-refractivity contribution in [2.24, 2.45) is 0 Å². The van der Waals surface area contributed by atoms with Crippen LogP contribution < -0.4 is 10.0 Å². The van der Waals surface area contributed by atoms with E-state index in [9.17, 15) is 22.4 Å². The Morgan fingerprint density at radius 3 is 2.13 bits per heavy atom. The SMILES string of the molecule is CCCNC(=O)[C@@H](Cc1ccccc1)N(Cc1ccc(F)cc1)C(=O)CCc1ccc(S(=O)(=O)NCC)cc1. The Kier molecular flexibility index (Phi) is 11.2. The Morgan fingerprint density at radius 1 is 0.872 bits per heavy atom. The van der Waals surface area contributed by atoms with E-state index in [-0.39, 0.29) is 35.5 Å². The number of carbonyl (C=O) groups is 2. The van der Waals surface area contributed by atoms with E-state index >= 15 is 0 Å². The van der Waals surface area contributed by atoms with E-state index in [2.05, 4.69) is 10.0 Å². The molecule has 39 heavy (non-hydrogen) atoms. The standard InChI is InChI=1S/C30H36FN3O4S/c1-3-20-32-30(36)28(21-24-8-6-5-7-9-24)34(22-25-10-15-26(31)16-11-25)29(35)19-14-23-12-17-27(18-13-23)39(37,38)33-4-2/h5-13,15-18,28,33H,3-4,14,19-22H2,1-2H3,(H,32,36)/t28-/m1/s1. The first-order valence-electron chi connectivity index (χ1n) is 13.2. The zero-order chi connectivity index (χ0) is 28.3. The molecule has 0 saturated heterocycles. The molecule has 2 N–H and O–H groups in total. The summed E-state index contributed by atoms with van der Waals surface area (Å²) in [6.07, 6.45) is 1.58. The van der Waals surface area contributed by atoms with E-state index in [1.165, 1.54) is 24.3 Å². The van der Waals surface area contributed by atoms with Gasteiger partial charge < -0.3 is 10.2 Å². The molecule has 3 aromatic carbocycles. The second-order valence-electron chi connectivity index (χ2n) is 9.29. The number of amides is 2. The van der Waals surface area contributed by atoms with Gasteiger partial charge in [0.2, 0.25) is 21.8 Å². The van der Waals surface area contributed by atoms with Crippen LogP contribution in [0.5, 0.6) is 0 Å². The summed E-state index contributed by atoms with van der Waals surface area (Å²) in [5, 5.41) is 2.93. The predicted molar refractivity (Wildman–Crippen MR) is 150 cm³/mol. The maximum atomic E-state index is 13.7. The van der Waals surface area contributed by atoms with Gasteiger partial charge in [-0.25, -0.2) is 17.5 Å². The highest BCUT2D eigenvalue weighted by Crippen LogP contribution is 2.18. The van der Waals surface area contributed by atoms with Crippen LogP contribution in [-0.2, 0) is 39.0 Å². The van der Waals surface area contributed by atoms with Gasteiger partial charge in [-0.05, 0) is 53.8 Å². The van der Waals surface area contributed by atoms with E-state index in [0.717, 1.165) is 17.5 Å². The first-order valence-corrected chi connectivity index (χ1v) is 14.7. The van der Waals surface area contributed by atoms with Crippen LogP contribution >= 0.6 is 0 Å². The number of nitrogens with zero attached hydrogens (tertiary/aromatic N) is 1. The van der Waals surface area contributed by atoms with E-state index < -0.39 is 16.1 Å². The van der Waals surface area contributed by atoms with Gasteiger partial charge in [-0.15, -0.1) is 0 Å². The smallest absolute Gasteiger partial charge is 0.243 e. The molecule has 1 atom stereocenters. The lowest BCUT2D eigenvalue weighted by Crippen LogP contribution is -2.50. The maximum absolute atomic E-state index is 13.7. The first-order chi connectivity index (χ1) is 18.7. The molecule has 0 saturated carbocycles. The van der Waals surface area contributed by atoms with Gasteiger partial charge in [0.25, 0.3) is 0 Å². The van der Waals surface area contributed by atoms with Crippen molar-refractivity contribution >= 4 is 21.8 Å². The Hall–Kier alpha value is -3.56. The Labute approximate surface area is 230 Å². The van der Waals surface area contributed by atoms with Crippen LogP contribution in [0.25, 0.3) is 0 Å². The molecule has 3 aromatic rings. The van der Waals surface area contributed by atoms with Crippen LogP contribution in [0.4, 0.5) is 4.39 Å². The van der Waals surface area contributed by atoms with Gasteiger partial charge in [-0.3, -0.25) is 9.59 Å². The van der Waals surface area contributed by atoms with E-state index in [4.69, 9.17) is 0 Å². The highest BCUT2D eigenvalue weighted by Gasteiger charge is 2.30. The molecular weight excluding hydrogens is 517 g/mol. The predicted octanol–water partition coefficient (Wildman–Crippen LogP) is 4.22. The fourth-order valence-corrected chi connectivity index (χ4v) is 5.25. The molecule has 0 bridgehead atoms. The minimum atomic E-state index is -3.56. The van der Waals surface area contributed by atoms with Crippen LogP contribution in [0.3, 0.4) is 0 Å². The van der Waals surface area contributed by atoms with E-state index in [1.807, 2.05) is 37.3 Å². The molecule has 0 fully saturated rings. The molecule has 0 unspecified atom stereocenters. The van der Waals surface area contributed by atoms with Crippen LogP contribution in [0.2, 0.25) is 0 Å². The minimum Gasteiger partial charge on any atom is -0.354 e. The van der Waals surface area contributed by atoms with Crippen molar-refractivity contribution in [3.05, 3.63) is 101 Å². The second-order valence-corrected chi connectivity index (χ2v) is 11.1. The number of benzene rings is 3. The largest absolute Gasteiger partial charge is 0.354 e. The zero-order valence-corrected chi connectivity index (χ0v) is 23.2. The van der Waals surface area contributed by atoms with Crippen molar-refractivity contribution in [3.8, 4) is 0 Å². The summed E-state index contributed by atoms with van der Waals surface area (Å²) in [5.74, 6) is -0.844. The molecule has 0 aliphatic carbocycles. The van der Waals surface area contributed by atoms with Crippen molar-refractivity contribution in [2.75, 3.05) is 13.1 Å². The third-order valence-electron chi connectivity index (χ3n) is 6.28. The van der Waals surface area contributed by atoms with Crippen molar-refractivity contribution in [2.45, 2.75) is 57.0 Å². The average Bonchev–Trinajstić information content (AvgIpc) is 2.94. The Bertz CT molecular complexity index is 1310. The number of rotatable bonds is 14. The normalized spacial score (nSPS) is 12.1. The lowest BCUT2D eigenvalue weighted by Gasteiger charge is -2.31. The first kappa shape index (κ1) is 30.0. The summed E-state index contributed by atoms with van der Waals surface area (Å²) >= 11 is 0. The molecule has 0 radical (unpaired) electrons. The quantitative estimate of drug-likeness (QED) is 0.313. The van der Waals surface area contributed by atoms with Gasteiger partial charge in [-0.2, -0.15) is 0 Å². The third kappa shape index (κ3) is 9.01. The third-order valence-corrected chi connectivity index (χ3v) is 7.84. The Balaban J connectivity index is 1.85. The number of sulfonamides is 1. The molecule has 0 aliphatic heterocycles. The van der Waals surface area contributed by atoms with Crippen LogP contribution in [0, 0.1) is 5.82 Å². The summed E-state index contributed by atoms with van der Waals surface area (Å²) in [5.41, 5.74) is 2.43. The molecule has 2 amide bonds. The molecule has 3 rings (SSSR count). The van der Waals surface area contributed by atoms with Crippen molar-refractivity contribution in [1.82, 2.24) is 14.9 Å². The summed E-state index contributed by atoms with van der Waals surface area (Å²) in [7, 11) is -3.56. The number of aryl methyl sites for hydroxylation is 1. The van der Waals surface area contributed by atoms with Gasteiger partial charge in [0.1, 0.15) is 11.9 Å². The van der Waals surface area contributed by atoms with Crippen molar-refractivity contribution in [3.63, 3.8) is 0 Å². The number of hydrogen-bond acceptors (Lipinski definition) is 4. The molecule has 0 aromatic heterocycles. The van der Waals surface area contributed by atoms with Gasteiger partial charge in [-0.1, -0.05) is 68.4 Å². The average molecular weight is 554 g/mol. The topological polar surface area (TPSA) is 95.6 Å². The number of halogens is 1. The molecule has 208 valence electrons. The van der Waals surface area contributed by atoms with E-state index in [1.54, 1.807) is 36.1 Å². The lowest BCUT2D eigenvalue weighted by atomic mass is 10.0. The summed E-state index contributed by atoms with van der Waals surface area (Å²) < 4.78 is 40.5. The summed E-state index contributed by atoms with van der Waals surface area (Å²) in [6.45, 7) is 4.60. The highest BCUT2D eigenvalue weighted by molar-refractivity contribution is 7.89. The van der Waals surface area contributed by atoms with Gasteiger partial charge in [0.15, 0.2) is 0 Å². The van der Waals surface area contributed by atoms with E-state index in [0.29, 0.717) is 31.5 Å². The molecule has 7 nitrogen and oxygen atoms in total. The van der Waals surface area contributed by atoms with Crippen molar-refractivity contribution in [1.29, 1.82) is 0 Å². The zero-order valence-electron chi connectivity index (χ0n) is 22.4. The second kappa shape index (κ2) is 14.6. The van der Waals surface area contributed by atoms with Crippen molar-refractivity contribution < 1.29 is 22.4 Å². The molecule has 0 spiro atoms. The van der Waals surface area contributed by atoms with Gasteiger partial charge >= 0.3 is 0 Å². The van der Waals surface area contributed by atoms with Crippen LogP contribution in [0.15, 0.2) is 83.8 Å². The van der Waals surface area contributed by atoms with Gasteiger partial charge in [0.05, 0.1) is 4.90 Å². The van der Waals surface area contributed by atoms with Crippen LogP contribution in [-0.4, -0.2) is 44.3 Å². The monoisotopic (exact) mass is 553 g/mol. The Morgan fingerprint density at radius 2 is 1.51 bits per heavy atom. The minimum absolute atomic E-state index is 0.118. The van der Waals surface area contributed by atoms with Gasteiger partial charge in [0, 0.05) is 32.5 Å².